The van der Waals surface area contributed by atoms with E-state index in [0.29, 0.717) is 10.0 Å². The van der Waals surface area contributed by atoms with E-state index in [1.807, 2.05) is 0 Å². The maximum atomic E-state index is 12.7. The smallest absolute Gasteiger partial charge is 0.247 e. The molecule has 0 saturated carbocycles. The van der Waals surface area contributed by atoms with E-state index in [1.165, 1.54) is 23.7 Å². The predicted octanol–water partition coefficient (Wildman–Crippen LogP) is 1.64. The van der Waals surface area contributed by atoms with Gasteiger partial charge in [0.25, 0.3) is 0 Å². The van der Waals surface area contributed by atoms with Crippen LogP contribution in [0.15, 0.2) is 22.7 Å². The van der Waals surface area contributed by atoms with Crippen LogP contribution >= 0.6 is 15.9 Å². The number of hydroxylamine groups is 1. The zero-order valence-corrected chi connectivity index (χ0v) is 8.14. The summed E-state index contributed by atoms with van der Waals surface area (Å²) in [7, 11) is 0. The molecule has 0 spiro atoms. The predicted molar refractivity (Wildman–Crippen MR) is 47.7 cm³/mol. The molecular weight excluding hydrogens is 241 g/mol. The minimum Gasteiger partial charge on any atom is -0.289 e. The highest BCUT2D eigenvalue weighted by Gasteiger charge is 2.04. The third-order valence-corrected chi connectivity index (χ3v) is 2.08. The van der Waals surface area contributed by atoms with E-state index in [-0.39, 0.29) is 12.2 Å². The third kappa shape index (κ3) is 2.78. The Labute approximate surface area is 82.7 Å². The normalized spacial score (nSPS) is 9.77. The van der Waals surface area contributed by atoms with E-state index in [4.69, 9.17) is 5.21 Å². The Balaban J connectivity index is 2.79. The van der Waals surface area contributed by atoms with Crippen molar-refractivity contribution in [3.8, 4) is 0 Å². The van der Waals surface area contributed by atoms with Crippen molar-refractivity contribution >= 4 is 21.8 Å². The summed E-state index contributed by atoms with van der Waals surface area (Å²) in [6.45, 7) is 0. The second kappa shape index (κ2) is 4.34. The molecule has 5 heteroatoms. The zero-order chi connectivity index (χ0) is 9.84. The number of carbonyl (C=O) groups excluding carboxylic acids is 1. The molecule has 2 N–H and O–H groups in total. The van der Waals surface area contributed by atoms with Crippen molar-refractivity contribution in [3.63, 3.8) is 0 Å². The molecule has 3 nitrogen and oxygen atoms in total. The van der Waals surface area contributed by atoms with Gasteiger partial charge in [-0.1, -0.05) is 6.07 Å². The molecule has 13 heavy (non-hydrogen) atoms. The highest BCUT2D eigenvalue weighted by atomic mass is 79.9. The van der Waals surface area contributed by atoms with E-state index in [2.05, 4.69) is 15.9 Å². The summed E-state index contributed by atoms with van der Waals surface area (Å²) in [5, 5.41) is 8.23. The number of nitrogens with one attached hydrogen (secondary N) is 1. The molecule has 1 aromatic rings. The number of hydrogen-bond acceptors (Lipinski definition) is 2. The molecule has 0 unspecified atom stereocenters. The highest BCUT2D eigenvalue weighted by molar-refractivity contribution is 9.10. The summed E-state index contributed by atoms with van der Waals surface area (Å²) in [5.74, 6) is -0.910. The van der Waals surface area contributed by atoms with Crippen LogP contribution in [0.4, 0.5) is 4.39 Å². The molecule has 0 fully saturated rings. The minimum atomic E-state index is -0.529. The summed E-state index contributed by atoms with van der Waals surface area (Å²) in [4.78, 5) is 10.7. The average Bonchev–Trinajstić information content (AvgIpc) is 2.11. The number of amides is 1. The first-order chi connectivity index (χ1) is 6.13. The van der Waals surface area contributed by atoms with E-state index in [1.54, 1.807) is 0 Å². The van der Waals surface area contributed by atoms with E-state index in [9.17, 15) is 9.18 Å². The number of carbonyl (C=O) groups is 1. The van der Waals surface area contributed by atoms with Gasteiger partial charge in [-0.3, -0.25) is 10.0 Å². The van der Waals surface area contributed by atoms with Gasteiger partial charge in [-0.15, -0.1) is 0 Å². The van der Waals surface area contributed by atoms with Crippen molar-refractivity contribution in [2.45, 2.75) is 6.42 Å². The largest absolute Gasteiger partial charge is 0.289 e. The van der Waals surface area contributed by atoms with Crippen LogP contribution in [0.3, 0.4) is 0 Å². The average molecular weight is 248 g/mol. The van der Waals surface area contributed by atoms with Gasteiger partial charge in [-0.05, 0) is 33.6 Å². The Bertz CT molecular complexity index is 330. The van der Waals surface area contributed by atoms with Crippen LogP contribution in [-0.2, 0) is 11.2 Å². The summed E-state index contributed by atoms with van der Waals surface area (Å²) in [5.41, 5.74) is 2.12. The van der Waals surface area contributed by atoms with Crippen LogP contribution in [0.2, 0.25) is 0 Å². The number of benzene rings is 1. The van der Waals surface area contributed by atoms with Crippen molar-refractivity contribution in [3.05, 3.63) is 34.1 Å². The molecule has 0 radical (unpaired) electrons. The van der Waals surface area contributed by atoms with E-state index < -0.39 is 5.91 Å². The Hall–Kier alpha value is -0.940. The van der Waals surface area contributed by atoms with Crippen LogP contribution in [0.25, 0.3) is 0 Å². The number of hydrogen-bond donors (Lipinski definition) is 2. The first kappa shape index (κ1) is 10.1. The van der Waals surface area contributed by atoms with Crippen LogP contribution in [0, 0.1) is 5.82 Å². The van der Waals surface area contributed by atoms with Gasteiger partial charge >= 0.3 is 0 Å². The lowest BCUT2D eigenvalue weighted by atomic mass is 10.1. The van der Waals surface area contributed by atoms with Crippen LogP contribution < -0.4 is 5.48 Å². The molecule has 1 amide bonds. The van der Waals surface area contributed by atoms with Crippen LogP contribution in [-0.4, -0.2) is 11.1 Å². The first-order valence-electron chi connectivity index (χ1n) is 3.50. The quantitative estimate of drug-likeness (QED) is 0.617. The Morgan fingerprint density at radius 2 is 2.31 bits per heavy atom. The number of rotatable bonds is 2. The molecular formula is C8H7BrFNO2. The number of halogens is 2. The maximum Gasteiger partial charge on any atom is 0.247 e. The molecule has 0 saturated heterocycles. The zero-order valence-electron chi connectivity index (χ0n) is 6.55. The summed E-state index contributed by atoms with van der Waals surface area (Å²) >= 11 is 2.99. The lowest BCUT2D eigenvalue weighted by molar-refractivity contribution is -0.128. The highest BCUT2D eigenvalue weighted by Crippen LogP contribution is 2.16. The second-order valence-corrected chi connectivity index (χ2v) is 3.31. The van der Waals surface area contributed by atoms with E-state index in [0.717, 1.165) is 0 Å². The van der Waals surface area contributed by atoms with Gasteiger partial charge in [0.2, 0.25) is 5.91 Å². The van der Waals surface area contributed by atoms with Crippen molar-refractivity contribution in [1.29, 1.82) is 0 Å². The monoisotopic (exact) mass is 247 g/mol. The second-order valence-electron chi connectivity index (χ2n) is 2.46. The Morgan fingerprint density at radius 1 is 1.62 bits per heavy atom. The third-order valence-electron chi connectivity index (χ3n) is 1.47. The Kier molecular flexibility index (Phi) is 3.39. The van der Waals surface area contributed by atoms with Crippen LogP contribution in [0.5, 0.6) is 0 Å². The molecule has 0 atom stereocenters. The first-order valence-corrected chi connectivity index (χ1v) is 4.29. The van der Waals surface area contributed by atoms with E-state index >= 15 is 0 Å². The molecule has 0 bridgehead atoms. The molecule has 0 aliphatic carbocycles. The van der Waals surface area contributed by atoms with Gasteiger partial charge < -0.3 is 0 Å². The summed E-state index contributed by atoms with van der Waals surface area (Å²) in [6, 6.07) is 4.23. The van der Waals surface area contributed by atoms with Gasteiger partial charge in [0.05, 0.1) is 10.9 Å². The van der Waals surface area contributed by atoms with Crippen molar-refractivity contribution in [2.24, 2.45) is 0 Å². The standard InChI is InChI=1S/C8H7BrFNO2/c9-6-3-5(1-2-7(6)10)4-8(12)11-13/h1-3,13H,4H2,(H,11,12). The van der Waals surface area contributed by atoms with Gasteiger partial charge in [-0.25, -0.2) is 9.87 Å². The SMILES string of the molecule is O=C(Cc1ccc(F)c(Br)c1)NO. The maximum absolute atomic E-state index is 12.7. The minimum absolute atomic E-state index is 0.0232. The summed E-state index contributed by atoms with van der Waals surface area (Å²) < 4.78 is 13.0. The fourth-order valence-corrected chi connectivity index (χ4v) is 1.30. The fraction of sp³-hybridized carbons (Fsp3) is 0.125. The van der Waals surface area contributed by atoms with Gasteiger partial charge in [0.1, 0.15) is 5.82 Å². The molecule has 0 aromatic heterocycles. The molecule has 0 aliphatic heterocycles. The molecule has 70 valence electrons. The van der Waals surface area contributed by atoms with Crippen molar-refractivity contribution in [1.82, 2.24) is 5.48 Å². The lowest BCUT2D eigenvalue weighted by Crippen LogP contribution is -2.20. The Morgan fingerprint density at radius 3 is 2.85 bits per heavy atom. The van der Waals surface area contributed by atoms with Gasteiger partial charge in [0, 0.05) is 0 Å². The molecule has 0 heterocycles. The lowest BCUT2D eigenvalue weighted by Gasteiger charge is -2.00. The van der Waals surface area contributed by atoms with Crippen LogP contribution in [0.1, 0.15) is 5.56 Å². The van der Waals surface area contributed by atoms with Gasteiger partial charge in [-0.2, -0.15) is 0 Å². The fourth-order valence-electron chi connectivity index (χ4n) is 0.875. The topological polar surface area (TPSA) is 49.3 Å². The molecule has 1 aromatic carbocycles. The summed E-state index contributed by atoms with van der Waals surface area (Å²) in [6.07, 6.45) is 0.0232. The van der Waals surface area contributed by atoms with Crippen molar-refractivity contribution in [2.75, 3.05) is 0 Å². The van der Waals surface area contributed by atoms with Crippen molar-refractivity contribution < 1.29 is 14.4 Å². The van der Waals surface area contributed by atoms with Gasteiger partial charge in [0.15, 0.2) is 0 Å². The molecule has 0 aliphatic rings. The molecule has 1 rings (SSSR count).